The molecular weight excluding hydrogens is 206 g/mol. The SMILES string of the molecule is CC(=O)Nc1ccccc1SC(C)(C)C. The van der Waals surface area contributed by atoms with E-state index in [1.54, 1.807) is 11.8 Å². The molecule has 0 bridgehead atoms. The van der Waals surface area contributed by atoms with Crippen molar-refractivity contribution in [3.63, 3.8) is 0 Å². The Hall–Kier alpha value is -0.960. The minimum Gasteiger partial charge on any atom is -0.325 e. The fraction of sp³-hybridized carbons (Fsp3) is 0.417. The third kappa shape index (κ3) is 4.38. The van der Waals surface area contributed by atoms with Crippen LogP contribution >= 0.6 is 11.8 Å². The highest BCUT2D eigenvalue weighted by atomic mass is 32.2. The van der Waals surface area contributed by atoms with E-state index in [4.69, 9.17) is 0 Å². The highest BCUT2D eigenvalue weighted by Crippen LogP contribution is 2.36. The molecule has 1 aromatic rings. The Labute approximate surface area is 95.5 Å². The van der Waals surface area contributed by atoms with Gasteiger partial charge in [-0.3, -0.25) is 4.79 Å². The number of hydrogen-bond donors (Lipinski definition) is 1. The Kier molecular flexibility index (Phi) is 3.80. The topological polar surface area (TPSA) is 29.1 Å². The van der Waals surface area contributed by atoms with E-state index in [1.165, 1.54) is 6.92 Å². The molecule has 2 nitrogen and oxygen atoms in total. The van der Waals surface area contributed by atoms with Gasteiger partial charge >= 0.3 is 0 Å². The van der Waals surface area contributed by atoms with Crippen LogP contribution in [0.1, 0.15) is 27.7 Å². The second-order valence-corrected chi connectivity index (χ2v) is 6.26. The van der Waals surface area contributed by atoms with Crippen molar-refractivity contribution in [1.29, 1.82) is 0 Å². The largest absolute Gasteiger partial charge is 0.325 e. The van der Waals surface area contributed by atoms with Gasteiger partial charge in [0.15, 0.2) is 0 Å². The van der Waals surface area contributed by atoms with Crippen molar-refractivity contribution in [3.8, 4) is 0 Å². The number of anilines is 1. The van der Waals surface area contributed by atoms with Gasteiger partial charge in [-0.15, -0.1) is 11.8 Å². The summed E-state index contributed by atoms with van der Waals surface area (Å²) >= 11 is 1.75. The van der Waals surface area contributed by atoms with Gasteiger partial charge < -0.3 is 5.32 Å². The van der Waals surface area contributed by atoms with E-state index >= 15 is 0 Å². The fourth-order valence-electron chi connectivity index (χ4n) is 1.18. The number of hydrogen-bond acceptors (Lipinski definition) is 2. The number of carbonyl (C=O) groups excluding carboxylic acids is 1. The van der Waals surface area contributed by atoms with Crippen LogP contribution in [0.15, 0.2) is 29.2 Å². The zero-order chi connectivity index (χ0) is 11.5. The van der Waals surface area contributed by atoms with Gasteiger partial charge in [-0.05, 0) is 12.1 Å². The van der Waals surface area contributed by atoms with Crippen LogP contribution < -0.4 is 5.32 Å². The lowest BCUT2D eigenvalue weighted by Gasteiger charge is -2.19. The molecule has 1 rings (SSSR count). The van der Waals surface area contributed by atoms with Crippen molar-refractivity contribution in [2.75, 3.05) is 5.32 Å². The molecule has 0 atom stereocenters. The average Bonchev–Trinajstić information content (AvgIpc) is 2.05. The van der Waals surface area contributed by atoms with Crippen LogP contribution in [-0.4, -0.2) is 10.7 Å². The molecule has 0 aromatic heterocycles. The molecule has 0 saturated heterocycles. The van der Waals surface area contributed by atoms with Crippen molar-refractivity contribution < 1.29 is 4.79 Å². The molecule has 82 valence electrons. The van der Waals surface area contributed by atoms with Crippen LogP contribution in [-0.2, 0) is 4.79 Å². The summed E-state index contributed by atoms with van der Waals surface area (Å²) in [4.78, 5) is 12.1. The average molecular weight is 223 g/mol. The number of thioether (sulfide) groups is 1. The van der Waals surface area contributed by atoms with Gasteiger partial charge in [0.25, 0.3) is 0 Å². The number of amides is 1. The second-order valence-electron chi connectivity index (χ2n) is 4.39. The molecular formula is C12H17NOS. The van der Waals surface area contributed by atoms with E-state index in [9.17, 15) is 4.79 Å². The first kappa shape index (κ1) is 12.1. The minimum absolute atomic E-state index is 0.0306. The summed E-state index contributed by atoms with van der Waals surface area (Å²) in [6, 6.07) is 7.87. The van der Waals surface area contributed by atoms with Gasteiger partial charge in [0.05, 0.1) is 5.69 Å². The van der Waals surface area contributed by atoms with Crippen LogP contribution in [0.3, 0.4) is 0 Å². The monoisotopic (exact) mass is 223 g/mol. The van der Waals surface area contributed by atoms with Crippen LogP contribution in [0.5, 0.6) is 0 Å². The molecule has 1 N–H and O–H groups in total. The molecule has 1 amide bonds. The van der Waals surface area contributed by atoms with Gasteiger partial charge in [-0.2, -0.15) is 0 Å². The van der Waals surface area contributed by atoms with Gasteiger partial charge in [-0.25, -0.2) is 0 Å². The molecule has 3 heteroatoms. The first-order chi connectivity index (χ1) is 6.88. The van der Waals surface area contributed by atoms with Crippen molar-refractivity contribution in [3.05, 3.63) is 24.3 Å². The summed E-state index contributed by atoms with van der Waals surface area (Å²) in [6.45, 7) is 7.99. The molecule has 0 radical (unpaired) electrons. The predicted molar refractivity (Wildman–Crippen MR) is 66.4 cm³/mol. The summed E-state index contributed by atoms with van der Waals surface area (Å²) in [5, 5.41) is 2.84. The van der Waals surface area contributed by atoms with Crippen molar-refractivity contribution >= 4 is 23.4 Å². The molecule has 0 aliphatic carbocycles. The van der Waals surface area contributed by atoms with Crippen LogP contribution in [0, 0.1) is 0 Å². The third-order valence-corrected chi connectivity index (χ3v) is 2.80. The molecule has 15 heavy (non-hydrogen) atoms. The van der Waals surface area contributed by atoms with Gasteiger partial charge in [0.2, 0.25) is 5.91 Å². The smallest absolute Gasteiger partial charge is 0.221 e. The summed E-state index contributed by atoms with van der Waals surface area (Å²) in [6.07, 6.45) is 0. The third-order valence-electron chi connectivity index (χ3n) is 1.61. The maximum absolute atomic E-state index is 11.0. The first-order valence-electron chi connectivity index (χ1n) is 4.94. The van der Waals surface area contributed by atoms with E-state index in [0.717, 1.165) is 10.6 Å². The van der Waals surface area contributed by atoms with E-state index in [2.05, 4.69) is 26.1 Å². The Morgan fingerprint density at radius 2 is 1.87 bits per heavy atom. The molecule has 0 unspecified atom stereocenters. The van der Waals surface area contributed by atoms with Gasteiger partial charge in [0.1, 0.15) is 0 Å². The normalized spacial score (nSPS) is 11.2. The van der Waals surface area contributed by atoms with Crippen molar-refractivity contribution in [1.82, 2.24) is 0 Å². The van der Waals surface area contributed by atoms with Gasteiger partial charge in [0, 0.05) is 16.6 Å². The number of rotatable bonds is 2. The highest BCUT2D eigenvalue weighted by Gasteiger charge is 2.14. The van der Waals surface area contributed by atoms with E-state index in [-0.39, 0.29) is 10.7 Å². The fourth-order valence-corrected chi connectivity index (χ4v) is 2.21. The summed E-state index contributed by atoms with van der Waals surface area (Å²) < 4.78 is 0.147. The van der Waals surface area contributed by atoms with Crippen molar-refractivity contribution in [2.45, 2.75) is 37.3 Å². The van der Waals surface area contributed by atoms with E-state index < -0.39 is 0 Å². The summed E-state index contributed by atoms with van der Waals surface area (Å²) in [5.41, 5.74) is 0.893. The lowest BCUT2D eigenvalue weighted by atomic mass is 10.3. The van der Waals surface area contributed by atoms with E-state index in [1.807, 2.05) is 24.3 Å². The minimum atomic E-state index is -0.0306. The predicted octanol–water partition coefficient (Wildman–Crippen LogP) is 3.54. The van der Waals surface area contributed by atoms with Crippen LogP contribution in [0.2, 0.25) is 0 Å². The first-order valence-corrected chi connectivity index (χ1v) is 5.76. The molecule has 0 aliphatic rings. The Bertz CT molecular complexity index is 355. The maximum Gasteiger partial charge on any atom is 0.221 e. The van der Waals surface area contributed by atoms with Crippen LogP contribution in [0.4, 0.5) is 5.69 Å². The Morgan fingerprint density at radius 1 is 1.27 bits per heavy atom. The summed E-state index contributed by atoms with van der Waals surface area (Å²) in [5.74, 6) is -0.0306. The standard InChI is InChI=1S/C12H17NOS/c1-9(14)13-10-7-5-6-8-11(10)15-12(2,3)4/h5-8H,1-4H3,(H,13,14). The lowest BCUT2D eigenvalue weighted by molar-refractivity contribution is -0.114. The second kappa shape index (κ2) is 4.71. The van der Waals surface area contributed by atoms with Crippen molar-refractivity contribution in [2.24, 2.45) is 0 Å². The number of nitrogens with one attached hydrogen (secondary N) is 1. The Balaban J connectivity index is 2.91. The molecule has 1 aromatic carbocycles. The van der Waals surface area contributed by atoms with Gasteiger partial charge in [-0.1, -0.05) is 32.9 Å². The zero-order valence-corrected chi connectivity index (χ0v) is 10.4. The zero-order valence-electron chi connectivity index (χ0n) is 9.63. The molecule has 0 fully saturated rings. The molecule has 0 heterocycles. The Morgan fingerprint density at radius 3 is 2.40 bits per heavy atom. The lowest BCUT2D eigenvalue weighted by Crippen LogP contribution is -2.10. The number of benzene rings is 1. The number of para-hydroxylation sites is 1. The molecule has 0 saturated carbocycles. The molecule has 0 spiro atoms. The van der Waals surface area contributed by atoms with Crippen LogP contribution in [0.25, 0.3) is 0 Å². The van der Waals surface area contributed by atoms with E-state index in [0.29, 0.717) is 0 Å². The quantitative estimate of drug-likeness (QED) is 0.777. The molecule has 0 aliphatic heterocycles. The highest BCUT2D eigenvalue weighted by molar-refractivity contribution is 8.00. The maximum atomic E-state index is 11.0. The number of carbonyl (C=O) groups is 1. The summed E-state index contributed by atoms with van der Waals surface area (Å²) in [7, 11) is 0.